The quantitative estimate of drug-likeness (QED) is 0.369. The van der Waals surface area contributed by atoms with Gasteiger partial charge in [0.1, 0.15) is 40.6 Å². The minimum Gasteiger partial charge on any atom is -0.444 e. The van der Waals surface area contributed by atoms with Crippen molar-refractivity contribution in [2.24, 2.45) is 0 Å². The van der Waals surface area contributed by atoms with E-state index in [9.17, 15) is 4.79 Å². The number of pyridine rings is 1. The number of nitrogens with zero attached hydrogens (tertiary/aromatic N) is 5. The smallest absolute Gasteiger partial charge is 0.413 e. The lowest BCUT2D eigenvalue weighted by molar-refractivity contribution is 0.0635. The Morgan fingerprint density at radius 1 is 1.09 bits per heavy atom. The first-order chi connectivity index (χ1) is 15.6. The second kappa shape index (κ2) is 8.84. The van der Waals surface area contributed by atoms with Gasteiger partial charge in [0, 0.05) is 18.5 Å². The monoisotopic (exact) mass is 485 g/mol. The van der Waals surface area contributed by atoms with Gasteiger partial charge in [0.25, 0.3) is 0 Å². The molecule has 0 unspecified atom stereocenters. The van der Waals surface area contributed by atoms with E-state index in [-0.39, 0.29) is 5.82 Å². The average Bonchev–Trinajstić information content (AvgIpc) is 3.15. The average molecular weight is 486 g/mol. The third-order valence-electron chi connectivity index (χ3n) is 4.44. The molecule has 3 aromatic heterocycles. The number of carbonyl (C=O) groups excluding carboxylic acids is 1. The fourth-order valence-electron chi connectivity index (χ4n) is 3.08. The lowest BCUT2D eigenvalue weighted by atomic mass is 10.2. The molecule has 0 bridgehead atoms. The van der Waals surface area contributed by atoms with Crippen LogP contribution in [-0.4, -0.2) is 36.4 Å². The summed E-state index contributed by atoms with van der Waals surface area (Å²) in [6.07, 6.45) is 4.22. The first-order valence-electron chi connectivity index (χ1n) is 9.99. The maximum absolute atomic E-state index is 12.0. The number of halogens is 2. The minimum atomic E-state index is -0.625. The molecular weight excluding hydrogens is 465 g/mol. The Balaban J connectivity index is 1.66. The van der Waals surface area contributed by atoms with E-state index in [1.807, 2.05) is 6.92 Å². The summed E-state index contributed by atoms with van der Waals surface area (Å²) in [5.74, 6) is 1.23. The number of carbonyl (C=O) groups is 1. The van der Waals surface area contributed by atoms with E-state index in [2.05, 4.69) is 30.7 Å². The summed E-state index contributed by atoms with van der Waals surface area (Å²) in [6.45, 7) is 7.26. The van der Waals surface area contributed by atoms with Crippen molar-refractivity contribution >= 4 is 57.7 Å². The molecule has 1 amide bonds. The third-order valence-corrected chi connectivity index (χ3v) is 5.05. The predicted octanol–water partition coefficient (Wildman–Crippen LogP) is 5.92. The maximum Gasteiger partial charge on any atom is 0.413 e. The molecule has 170 valence electrons. The first kappa shape index (κ1) is 22.8. The first-order valence-corrected chi connectivity index (χ1v) is 10.7. The summed E-state index contributed by atoms with van der Waals surface area (Å²) >= 11 is 12.7. The molecule has 2 N–H and O–H groups in total. The summed E-state index contributed by atoms with van der Waals surface area (Å²) in [5.41, 5.74) is 1.56. The lowest BCUT2D eigenvalue weighted by Crippen LogP contribution is -2.27. The van der Waals surface area contributed by atoms with Gasteiger partial charge < -0.3 is 10.1 Å². The van der Waals surface area contributed by atoms with Crippen molar-refractivity contribution in [3.05, 3.63) is 58.6 Å². The molecule has 4 aromatic rings. The van der Waals surface area contributed by atoms with Crippen molar-refractivity contribution in [1.82, 2.24) is 24.7 Å². The van der Waals surface area contributed by atoms with Crippen LogP contribution in [0.3, 0.4) is 0 Å². The largest absolute Gasteiger partial charge is 0.444 e. The summed E-state index contributed by atoms with van der Waals surface area (Å²) < 4.78 is 6.89. The molecule has 0 radical (unpaired) electrons. The number of para-hydroxylation sites is 1. The van der Waals surface area contributed by atoms with Crippen LogP contribution in [0.5, 0.6) is 0 Å². The van der Waals surface area contributed by atoms with E-state index in [4.69, 9.17) is 27.9 Å². The summed E-state index contributed by atoms with van der Waals surface area (Å²) in [7, 11) is 0. The van der Waals surface area contributed by atoms with Crippen LogP contribution in [0.25, 0.3) is 16.6 Å². The zero-order valence-electron chi connectivity index (χ0n) is 18.3. The van der Waals surface area contributed by atoms with Gasteiger partial charge in [-0.05, 0) is 45.4 Å². The molecule has 4 rings (SSSR count). The molecule has 0 saturated heterocycles. The molecule has 9 nitrogen and oxygen atoms in total. The number of anilines is 3. The number of amides is 1. The molecule has 0 spiro atoms. The lowest BCUT2D eigenvalue weighted by Gasteiger charge is -2.19. The molecule has 33 heavy (non-hydrogen) atoms. The highest BCUT2D eigenvalue weighted by Crippen LogP contribution is 2.32. The second-order valence-corrected chi connectivity index (χ2v) is 9.05. The van der Waals surface area contributed by atoms with Gasteiger partial charge in [0.15, 0.2) is 0 Å². The van der Waals surface area contributed by atoms with Gasteiger partial charge >= 0.3 is 6.09 Å². The zero-order valence-corrected chi connectivity index (χ0v) is 19.9. The highest BCUT2D eigenvalue weighted by Gasteiger charge is 2.18. The van der Waals surface area contributed by atoms with Crippen molar-refractivity contribution in [3.63, 3.8) is 0 Å². The normalized spacial score (nSPS) is 11.5. The second-order valence-electron chi connectivity index (χ2n) is 8.24. The van der Waals surface area contributed by atoms with Crippen LogP contribution in [0.4, 0.5) is 22.2 Å². The van der Waals surface area contributed by atoms with E-state index in [0.29, 0.717) is 27.4 Å². The Morgan fingerprint density at radius 3 is 2.48 bits per heavy atom. The highest BCUT2D eigenvalue weighted by molar-refractivity contribution is 6.37. The van der Waals surface area contributed by atoms with Crippen LogP contribution in [0.1, 0.15) is 26.3 Å². The van der Waals surface area contributed by atoms with Gasteiger partial charge in [0.05, 0.1) is 15.4 Å². The van der Waals surface area contributed by atoms with E-state index in [0.717, 1.165) is 16.5 Å². The standard InChI is InChI=1S/C22H21Cl2N7O2/c1-12-9-25-20(13-10-31(30-18(12)13)19-14(23)6-5-7-15(19)24)28-16-8-17(27-11-26-16)29-21(32)33-22(2,3)4/h5-11H,1-4H3,(H2,25,26,27,28,29,32). The van der Waals surface area contributed by atoms with Crippen molar-refractivity contribution in [2.75, 3.05) is 10.6 Å². The fraction of sp³-hybridized carbons (Fsp3) is 0.227. The molecule has 0 aliphatic heterocycles. The molecular formula is C22H21Cl2N7O2. The third kappa shape index (κ3) is 5.15. The van der Waals surface area contributed by atoms with Crippen LogP contribution in [-0.2, 0) is 4.74 Å². The Kier molecular flexibility index (Phi) is 6.09. The number of hydrogen-bond acceptors (Lipinski definition) is 7. The van der Waals surface area contributed by atoms with Gasteiger partial charge in [-0.25, -0.2) is 24.4 Å². The van der Waals surface area contributed by atoms with Crippen molar-refractivity contribution in [1.29, 1.82) is 0 Å². The van der Waals surface area contributed by atoms with Crippen molar-refractivity contribution in [2.45, 2.75) is 33.3 Å². The van der Waals surface area contributed by atoms with Crippen LogP contribution >= 0.6 is 23.2 Å². The summed E-state index contributed by atoms with van der Waals surface area (Å²) in [5, 5.41) is 12.1. The van der Waals surface area contributed by atoms with E-state index in [1.54, 1.807) is 62.1 Å². The molecule has 11 heteroatoms. The predicted molar refractivity (Wildman–Crippen MR) is 129 cm³/mol. The van der Waals surface area contributed by atoms with Crippen molar-refractivity contribution in [3.8, 4) is 5.69 Å². The molecule has 3 heterocycles. The molecule has 0 aliphatic rings. The number of aromatic nitrogens is 5. The van der Waals surface area contributed by atoms with E-state index >= 15 is 0 Å². The molecule has 0 atom stereocenters. The number of aryl methyl sites for hydroxylation is 1. The van der Waals surface area contributed by atoms with Crippen LogP contribution in [0, 0.1) is 6.92 Å². The Labute approximate surface area is 200 Å². The van der Waals surface area contributed by atoms with Gasteiger partial charge in [-0.1, -0.05) is 29.3 Å². The number of hydrogen-bond donors (Lipinski definition) is 2. The van der Waals surface area contributed by atoms with Gasteiger partial charge in [0.2, 0.25) is 0 Å². The summed E-state index contributed by atoms with van der Waals surface area (Å²) in [4.78, 5) is 24.8. The summed E-state index contributed by atoms with van der Waals surface area (Å²) in [6, 6.07) is 6.85. The van der Waals surface area contributed by atoms with Crippen LogP contribution < -0.4 is 10.6 Å². The number of nitrogens with one attached hydrogen (secondary N) is 2. The molecule has 0 saturated carbocycles. The topological polar surface area (TPSA) is 107 Å². The number of ether oxygens (including phenoxy) is 1. The van der Waals surface area contributed by atoms with Crippen molar-refractivity contribution < 1.29 is 9.53 Å². The highest BCUT2D eigenvalue weighted by atomic mass is 35.5. The Morgan fingerprint density at radius 2 is 1.79 bits per heavy atom. The molecule has 1 aromatic carbocycles. The fourth-order valence-corrected chi connectivity index (χ4v) is 3.65. The maximum atomic E-state index is 12.0. The van der Waals surface area contributed by atoms with Crippen LogP contribution in [0.2, 0.25) is 10.0 Å². The van der Waals surface area contributed by atoms with Gasteiger partial charge in [-0.2, -0.15) is 5.10 Å². The van der Waals surface area contributed by atoms with Crippen LogP contribution in [0.15, 0.2) is 43.0 Å². The minimum absolute atomic E-state index is 0.281. The molecule has 0 fully saturated rings. The van der Waals surface area contributed by atoms with Gasteiger partial charge in [-0.15, -0.1) is 0 Å². The Hall–Kier alpha value is -3.43. The number of rotatable bonds is 4. The van der Waals surface area contributed by atoms with Gasteiger partial charge in [-0.3, -0.25) is 5.32 Å². The SMILES string of the molecule is Cc1cnc(Nc2cc(NC(=O)OC(C)(C)C)ncn2)c2cn(-c3c(Cl)cccc3Cl)nc12. The molecule has 0 aliphatic carbocycles. The Bertz CT molecular complexity index is 1330. The van der Waals surface area contributed by atoms with E-state index < -0.39 is 11.7 Å². The number of benzene rings is 1. The van der Waals surface area contributed by atoms with E-state index in [1.165, 1.54) is 6.33 Å². The number of fused-ring (bicyclic) bond motifs is 1. The zero-order chi connectivity index (χ0) is 23.8.